The summed E-state index contributed by atoms with van der Waals surface area (Å²) in [5.41, 5.74) is 2.17. The highest BCUT2D eigenvalue weighted by atomic mass is 79.9. The Hall–Kier alpha value is -1.03. The second-order valence-electron chi connectivity index (χ2n) is 5.14. The third kappa shape index (κ3) is 4.73. The summed E-state index contributed by atoms with van der Waals surface area (Å²) < 4.78 is 7.01. The highest BCUT2D eigenvalue weighted by Crippen LogP contribution is 2.30. The van der Waals surface area contributed by atoms with Crippen molar-refractivity contribution in [1.29, 1.82) is 0 Å². The van der Waals surface area contributed by atoms with Crippen LogP contribution in [-0.2, 0) is 13.2 Å². The molecular formula is C17H19BrClNO. The molecule has 0 spiro atoms. The average molecular weight is 369 g/mol. The molecule has 0 aliphatic carbocycles. The predicted octanol–water partition coefficient (Wildman–Crippen LogP) is 5.18. The van der Waals surface area contributed by atoms with Crippen LogP contribution in [0.15, 0.2) is 46.9 Å². The maximum absolute atomic E-state index is 6.29. The first kappa shape index (κ1) is 16.3. The topological polar surface area (TPSA) is 21.3 Å². The monoisotopic (exact) mass is 367 g/mol. The van der Waals surface area contributed by atoms with Crippen LogP contribution in [0.3, 0.4) is 0 Å². The zero-order valence-corrected chi connectivity index (χ0v) is 14.5. The van der Waals surface area contributed by atoms with Crippen molar-refractivity contribution < 1.29 is 4.74 Å². The molecular weight excluding hydrogens is 350 g/mol. The van der Waals surface area contributed by atoms with E-state index in [2.05, 4.69) is 35.1 Å². The van der Waals surface area contributed by atoms with Gasteiger partial charge in [-0.1, -0.05) is 71.7 Å². The Bertz CT molecular complexity index is 601. The summed E-state index contributed by atoms with van der Waals surface area (Å²) in [6.07, 6.45) is 0. The number of nitrogens with one attached hydrogen (secondary N) is 1. The van der Waals surface area contributed by atoms with Crippen LogP contribution >= 0.6 is 27.5 Å². The first-order valence-corrected chi connectivity index (χ1v) is 8.12. The first-order valence-electron chi connectivity index (χ1n) is 6.95. The summed E-state index contributed by atoms with van der Waals surface area (Å²) >= 11 is 9.82. The van der Waals surface area contributed by atoms with Crippen LogP contribution in [0.2, 0.25) is 5.02 Å². The Morgan fingerprint density at radius 3 is 2.52 bits per heavy atom. The van der Waals surface area contributed by atoms with E-state index in [1.807, 2.05) is 42.5 Å². The van der Waals surface area contributed by atoms with Crippen LogP contribution in [-0.4, -0.2) is 6.04 Å². The molecule has 21 heavy (non-hydrogen) atoms. The lowest BCUT2D eigenvalue weighted by molar-refractivity contribution is 0.301. The molecule has 0 radical (unpaired) electrons. The number of para-hydroxylation sites is 1. The van der Waals surface area contributed by atoms with Gasteiger partial charge in [-0.15, -0.1) is 0 Å². The van der Waals surface area contributed by atoms with Crippen molar-refractivity contribution in [3.05, 3.63) is 63.1 Å². The van der Waals surface area contributed by atoms with Crippen LogP contribution < -0.4 is 10.1 Å². The molecule has 0 aliphatic rings. The molecule has 2 nitrogen and oxygen atoms in total. The van der Waals surface area contributed by atoms with Crippen LogP contribution in [0.4, 0.5) is 0 Å². The first-order chi connectivity index (χ1) is 10.1. The van der Waals surface area contributed by atoms with Gasteiger partial charge in [-0.2, -0.15) is 0 Å². The third-order valence-electron chi connectivity index (χ3n) is 3.08. The molecule has 2 rings (SSSR count). The average Bonchev–Trinajstić information content (AvgIpc) is 2.45. The van der Waals surface area contributed by atoms with Crippen LogP contribution in [0.5, 0.6) is 5.75 Å². The van der Waals surface area contributed by atoms with Crippen LogP contribution in [0.25, 0.3) is 0 Å². The largest absolute Gasteiger partial charge is 0.487 e. The predicted molar refractivity (Wildman–Crippen MR) is 91.9 cm³/mol. The fourth-order valence-electron chi connectivity index (χ4n) is 1.93. The lowest BCUT2D eigenvalue weighted by atomic mass is 10.2. The summed E-state index contributed by atoms with van der Waals surface area (Å²) in [5, 5.41) is 4.03. The molecule has 0 heterocycles. The molecule has 0 atom stereocenters. The molecule has 2 aromatic rings. The van der Waals surface area contributed by atoms with Gasteiger partial charge in [0.25, 0.3) is 0 Å². The summed E-state index contributed by atoms with van der Waals surface area (Å²) in [4.78, 5) is 0. The van der Waals surface area contributed by atoms with Gasteiger partial charge in [-0.3, -0.25) is 0 Å². The van der Waals surface area contributed by atoms with Crippen molar-refractivity contribution in [2.75, 3.05) is 0 Å². The lowest BCUT2D eigenvalue weighted by Crippen LogP contribution is -2.22. The van der Waals surface area contributed by atoms with Gasteiger partial charge in [0.2, 0.25) is 0 Å². The highest BCUT2D eigenvalue weighted by Gasteiger charge is 2.10. The molecule has 0 bridgehead atoms. The maximum atomic E-state index is 6.29. The standard InChI is InChI=1S/C17H19BrClNO/c1-12(2)20-10-13-7-5-9-16(19)17(13)21-11-14-6-3-4-8-15(14)18/h3-9,12,20H,10-11H2,1-2H3. The molecule has 0 aliphatic heterocycles. The van der Waals surface area contributed by atoms with E-state index in [0.29, 0.717) is 17.7 Å². The number of ether oxygens (including phenoxy) is 1. The van der Waals surface area contributed by atoms with Gasteiger partial charge < -0.3 is 10.1 Å². The van der Waals surface area contributed by atoms with Crippen molar-refractivity contribution in [3.63, 3.8) is 0 Å². The molecule has 1 N–H and O–H groups in total. The second-order valence-corrected chi connectivity index (χ2v) is 6.41. The minimum atomic E-state index is 0.417. The molecule has 0 amide bonds. The normalized spacial score (nSPS) is 10.9. The molecule has 0 aromatic heterocycles. The van der Waals surface area contributed by atoms with Crippen LogP contribution in [0, 0.1) is 0 Å². The van der Waals surface area contributed by atoms with Gasteiger partial charge in [-0.05, 0) is 12.1 Å². The lowest BCUT2D eigenvalue weighted by Gasteiger charge is -2.15. The Balaban J connectivity index is 2.13. The van der Waals surface area contributed by atoms with Crippen molar-refractivity contribution in [2.45, 2.75) is 33.0 Å². The summed E-state index contributed by atoms with van der Waals surface area (Å²) in [7, 11) is 0. The van der Waals surface area contributed by atoms with Gasteiger partial charge in [0.05, 0.1) is 5.02 Å². The van der Waals surface area contributed by atoms with E-state index >= 15 is 0 Å². The fraction of sp³-hybridized carbons (Fsp3) is 0.294. The number of rotatable bonds is 6. The molecule has 4 heteroatoms. The van der Waals surface area contributed by atoms with Crippen molar-refractivity contribution in [1.82, 2.24) is 5.32 Å². The number of halogens is 2. The van der Waals surface area contributed by atoms with Crippen molar-refractivity contribution >= 4 is 27.5 Å². The van der Waals surface area contributed by atoms with E-state index < -0.39 is 0 Å². The smallest absolute Gasteiger partial charge is 0.142 e. The highest BCUT2D eigenvalue weighted by molar-refractivity contribution is 9.10. The molecule has 0 saturated heterocycles. The minimum Gasteiger partial charge on any atom is -0.487 e. The fourth-order valence-corrected chi connectivity index (χ4v) is 2.58. The molecule has 2 aromatic carbocycles. The van der Waals surface area contributed by atoms with E-state index in [4.69, 9.17) is 16.3 Å². The summed E-state index contributed by atoms with van der Waals surface area (Å²) in [6.45, 7) is 5.46. The van der Waals surface area contributed by atoms with Gasteiger partial charge in [0.15, 0.2) is 0 Å². The van der Waals surface area contributed by atoms with Gasteiger partial charge in [0, 0.05) is 28.2 Å². The Kier molecular flexibility index (Phi) is 6.09. The number of hydrogen-bond acceptors (Lipinski definition) is 2. The Morgan fingerprint density at radius 2 is 1.81 bits per heavy atom. The van der Waals surface area contributed by atoms with E-state index in [1.165, 1.54) is 0 Å². The van der Waals surface area contributed by atoms with Gasteiger partial charge in [0.1, 0.15) is 12.4 Å². The van der Waals surface area contributed by atoms with Crippen molar-refractivity contribution in [2.24, 2.45) is 0 Å². The SMILES string of the molecule is CC(C)NCc1cccc(Cl)c1OCc1ccccc1Br. The van der Waals surface area contributed by atoms with Gasteiger partial charge >= 0.3 is 0 Å². The van der Waals surface area contributed by atoms with Crippen molar-refractivity contribution in [3.8, 4) is 5.75 Å². The molecule has 0 saturated carbocycles. The third-order valence-corrected chi connectivity index (χ3v) is 4.15. The zero-order valence-electron chi connectivity index (χ0n) is 12.2. The minimum absolute atomic E-state index is 0.417. The second kappa shape index (κ2) is 7.83. The Labute approximate surface area is 139 Å². The van der Waals surface area contributed by atoms with Gasteiger partial charge in [-0.25, -0.2) is 0 Å². The molecule has 0 fully saturated rings. The summed E-state index contributed by atoms with van der Waals surface area (Å²) in [5.74, 6) is 0.753. The summed E-state index contributed by atoms with van der Waals surface area (Å²) in [6, 6.07) is 14.3. The van der Waals surface area contributed by atoms with E-state index in [1.54, 1.807) is 0 Å². The van der Waals surface area contributed by atoms with E-state index in [-0.39, 0.29) is 0 Å². The van der Waals surface area contributed by atoms with E-state index in [9.17, 15) is 0 Å². The maximum Gasteiger partial charge on any atom is 0.142 e. The van der Waals surface area contributed by atoms with Crippen LogP contribution in [0.1, 0.15) is 25.0 Å². The molecule has 112 valence electrons. The Morgan fingerprint density at radius 1 is 1.10 bits per heavy atom. The zero-order chi connectivity index (χ0) is 15.2. The quantitative estimate of drug-likeness (QED) is 0.758. The number of benzene rings is 2. The van der Waals surface area contributed by atoms with E-state index in [0.717, 1.165) is 27.9 Å². The number of hydrogen-bond donors (Lipinski definition) is 1. The molecule has 0 unspecified atom stereocenters.